The lowest BCUT2D eigenvalue weighted by Gasteiger charge is -2.65. The van der Waals surface area contributed by atoms with E-state index in [1.165, 1.54) is 0 Å². The number of carbonyl (C=O) groups excluding carboxylic acids is 2. The number of cyclic esters (lactones) is 1. The monoisotopic (exact) mass is 518 g/mol. The van der Waals surface area contributed by atoms with Gasteiger partial charge in [0.05, 0.1) is 11.7 Å². The second kappa shape index (κ2) is 9.56. The van der Waals surface area contributed by atoms with Crippen LogP contribution in [0.5, 0.6) is 0 Å². The zero-order valence-corrected chi connectivity index (χ0v) is 22.0. The van der Waals surface area contributed by atoms with Crippen LogP contribution in [0.2, 0.25) is 0 Å². The molecular weight excluding hydrogens is 476 g/mol. The average molecular weight is 519 g/mol. The van der Waals surface area contributed by atoms with E-state index in [-0.39, 0.29) is 54.2 Å². The highest BCUT2D eigenvalue weighted by molar-refractivity contribution is 5.85. The zero-order valence-electron chi connectivity index (χ0n) is 22.0. The molecule has 0 spiro atoms. The number of ether oxygens (including phenoxy) is 1. The summed E-state index contributed by atoms with van der Waals surface area (Å²) in [7, 11) is 0. The number of aliphatic carboxylic acids is 1. The van der Waals surface area contributed by atoms with Gasteiger partial charge < -0.3 is 30.7 Å². The van der Waals surface area contributed by atoms with Crippen LogP contribution in [0.1, 0.15) is 78.1 Å². The Kier molecular flexibility index (Phi) is 6.84. The standard InChI is InChI=1S/C28H42N2O7/c1-26-9-7-18(30-25(35)29-11-3-4-23(32)33)13-17(26)5-6-20-21(26)14-22(31)27(2)19(8-10-28(20,27)36)16-12-24(34)37-15-16/h12,17-22,31,36H,3-11,13-15H2,1-2H3,(H,32,33)(H2,29,30,35)/t17-,18+,19-,20-,21+,22-,26+,27+,28+/m1/s1. The molecule has 9 heteroatoms. The van der Waals surface area contributed by atoms with Crippen LogP contribution >= 0.6 is 0 Å². The highest BCUT2D eigenvalue weighted by Crippen LogP contribution is 2.69. The van der Waals surface area contributed by atoms with Crippen LogP contribution in [0.15, 0.2) is 11.6 Å². The molecule has 5 rings (SSSR count). The van der Waals surface area contributed by atoms with Crippen molar-refractivity contribution in [1.82, 2.24) is 10.6 Å². The molecule has 9 atom stereocenters. The van der Waals surface area contributed by atoms with Gasteiger partial charge in [-0.3, -0.25) is 4.79 Å². The molecule has 0 aromatic rings. The van der Waals surface area contributed by atoms with Crippen LogP contribution in [-0.4, -0.2) is 64.2 Å². The summed E-state index contributed by atoms with van der Waals surface area (Å²) >= 11 is 0. The number of esters is 1. The fourth-order valence-electron chi connectivity index (χ4n) is 9.20. The van der Waals surface area contributed by atoms with E-state index in [2.05, 4.69) is 17.6 Å². The maximum atomic E-state index is 12.4. The molecule has 0 aromatic carbocycles. The lowest BCUT2D eigenvalue weighted by molar-refractivity contribution is -0.242. The van der Waals surface area contributed by atoms with Crippen molar-refractivity contribution in [3.05, 3.63) is 11.6 Å². The first kappa shape index (κ1) is 26.5. The molecule has 0 unspecified atom stereocenters. The molecule has 37 heavy (non-hydrogen) atoms. The molecular formula is C28H42N2O7. The minimum atomic E-state index is -0.981. The second-order valence-corrected chi connectivity index (χ2v) is 12.7. The van der Waals surface area contributed by atoms with Crippen LogP contribution in [0.3, 0.4) is 0 Å². The summed E-state index contributed by atoms with van der Waals surface area (Å²) in [4.78, 5) is 34.8. The molecule has 4 fully saturated rings. The fourth-order valence-corrected chi connectivity index (χ4v) is 9.20. The third-order valence-electron chi connectivity index (χ3n) is 11.3. The topological polar surface area (TPSA) is 145 Å². The third-order valence-corrected chi connectivity index (χ3v) is 11.3. The molecule has 4 aliphatic carbocycles. The molecule has 0 saturated heterocycles. The number of aliphatic hydroxyl groups excluding tert-OH is 1. The van der Waals surface area contributed by atoms with E-state index in [9.17, 15) is 24.6 Å². The molecule has 0 bridgehead atoms. The first-order valence-electron chi connectivity index (χ1n) is 14.0. The SMILES string of the molecule is C[C@]12CC[C@H](NC(=O)NCCCC(=O)O)C[C@H]1CC[C@@H]1[C@@H]2C[C@@H](O)[C@]2(C)[C@@H](C3=CC(=O)OC3)CC[C@]12O. The number of aliphatic hydroxyl groups is 2. The second-order valence-electron chi connectivity index (χ2n) is 12.7. The van der Waals surface area contributed by atoms with Gasteiger partial charge in [-0.05, 0) is 92.4 Å². The first-order valence-corrected chi connectivity index (χ1v) is 14.0. The molecule has 5 N–H and O–H groups in total. The van der Waals surface area contributed by atoms with E-state index in [4.69, 9.17) is 9.84 Å². The number of hydrogen-bond donors (Lipinski definition) is 5. The van der Waals surface area contributed by atoms with Crippen molar-refractivity contribution in [3.8, 4) is 0 Å². The van der Waals surface area contributed by atoms with Crippen molar-refractivity contribution in [1.29, 1.82) is 0 Å². The predicted octanol–water partition coefficient (Wildman–Crippen LogP) is 2.75. The third kappa shape index (κ3) is 4.26. The van der Waals surface area contributed by atoms with Gasteiger partial charge in [-0.15, -0.1) is 0 Å². The van der Waals surface area contributed by atoms with E-state index < -0.39 is 23.1 Å². The molecule has 206 valence electrons. The van der Waals surface area contributed by atoms with Gasteiger partial charge in [-0.1, -0.05) is 13.8 Å². The number of hydrogen-bond acceptors (Lipinski definition) is 6. The van der Waals surface area contributed by atoms with E-state index in [1.807, 2.05) is 6.92 Å². The van der Waals surface area contributed by atoms with Gasteiger partial charge in [0.25, 0.3) is 0 Å². The van der Waals surface area contributed by atoms with Crippen molar-refractivity contribution in [3.63, 3.8) is 0 Å². The maximum absolute atomic E-state index is 12.4. The van der Waals surface area contributed by atoms with Crippen molar-refractivity contribution in [2.24, 2.45) is 34.5 Å². The van der Waals surface area contributed by atoms with Gasteiger partial charge in [0.2, 0.25) is 0 Å². The molecule has 1 heterocycles. The number of carbonyl (C=O) groups is 3. The first-order chi connectivity index (χ1) is 17.5. The van der Waals surface area contributed by atoms with Gasteiger partial charge in [0.1, 0.15) is 6.61 Å². The van der Waals surface area contributed by atoms with E-state index in [0.29, 0.717) is 31.7 Å². The predicted molar refractivity (Wildman–Crippen MR) is 134 cm³/mol. The Balaban J connectivity index is 1.26. The molecule has 0 radical (unpaired) electrons. The minimum Gasteiger partial charge on any atom is -0.481 e. The summed E-state index contributed by atoms with van der Waals surface area (Å²) in [5.74, 6) is -0.535. The molecule has 2 amide bonds. The summed E-state index contributed by atoms with van der Waals surface area (Å²) in [6.45, 7) is 4.95. The Labute approximate surface area is 218 Å². The van der Waals surface area contributed by atoms with Gasteiger partial charge >= 0.3 is 18.0 Å². The fraction of sp³-hybridized carbons (Fsp3) is 0.821. The number of urea groups is 1. The highest BCUT2D eigenvalue weighted by atomic mass is 16.5. The Hall–Kier alpha value is -2.13. The number of carboxylic acids is 1. The quantitative estimate of drug-likeness (QED) is 0.268. The van der Waals surface area contributed by atoms with Crippen molar-refractivity contribution >= 4 is 18.0 Å². The van der Waals surface area contributed by atoms with E-state index in [0.717, 1.165) is 44.1 Å². The molecule has 0 aromatic heterocycles. The molecule has 4 saturated carbocycles. The van der Waals surface area contributed by atoms with E-state index >= 15 is 0 Å². The summed E-state index contributed by atoms with van der Waals surface area (Å²) in [6, 6.07) is -0.176. The Morgan fingerprint density at radius 2 is 1.89 bits per heavy atom. The van der Waals surface area contributed by atoms with E-state index in [1.54, 1.807) is 6.08 Å². The Morgan fingerprint density at radius 1 is 1.11 bits per heavy atom. The molecule has 9 nitrogen and oxygen atoms in total. The molecule has 5 aliphatic rings. The average Bonchev–Trinajstić information content (AvgIpc) is 3.39. The van der Waals surface area contributed by atoms with Gasteiger partial charge in [-0.2, -0.15) is 0 Å². The van der Waals surface area contributed by atoms with Crippen LogP contribution in [0, 0.1) is 34.5 Å². The summed E-state index contributed by atoms with van der Waals surface area (Å²) < 4.78 is 5.19. The zero-order chi connectivity index (χ0) is 26.6. The van der Waals surface area contributed by atoms with Gasteiger partial charge in [0, 0.05) is 30.5 Å². The number of fused-ring (bicyclic) bond motifs is 5. The Morgan fingerprint density at radius 3 is 2.59 bits per heavy atom. The summed E-state index contributed by atoms with van der Waals surface area (Å²) in [5.41, 5.74) is -0.783. The lowest BCUT2D eigenvalue weighted by Crippen LogP contribution is -2.67. The summed E-state index contributed by atoms with van der Waals surface area (Å²) in [5, 5.41) is 38.6. The largest absolute Gasteiger partial charge is 0.481 e. The number of carboxylic acid groups (broad SMARTS) is 1. The number of nitrogens with one attached hydrogen (secondary N) is 2. The van der Waals surface area contributed by atoms with Crippen LogP contribution in [-0.2, 0) is 14.3 Å². The van der Waals surface area contributed by atoms with Crippen LogP contribution in [0.4, 0.5) is 4.79 Å². The van der Waals surface area contributed by atoms with Crippen LogP contribution in [0.25, 0.3) is 0 Å². The van der Waals surface area contributed by atoms with Gasteiger partial charge in [0.15, 0.2) is 0 Å². The highest BCUT2D eigenvalue weighted by Gasteiger charge is 2.70. The number of rotatable bonds is 6. The lowest BCUT2D eigenvalue weighted by atomic mass is 9.42. The van der Waals surface area contributed by atoms with Crippen molar-refractivity contribution in [2.75, 3.05) is 13.2 Å². The minimum absolute atomic E-state index is 0.0130. The van der Waals surface area contributed by atoms with Crippen molar-refractivity contribution in [2.45, 2.75) is 95.8 Å². The Bertz CT molecular complexity index is 984. The van der Waals surface area contributed by atoms with Crippen LogP contribution < -0.4 is 10.6 Å². The smallest absolute Gasteiger partial charge is 0.331 e. The van der Waals surface area contributed by atoms with Crippen molar-refractivity contribution < 1.29 is 34.4 Å². The number of amides is 2. The maximum Gasteiger partial charge on any atom is 0.331 e. The molecule has 1 aliphatic heterocycles. The normalized spacial score (nSPS) is 44.6. The summed E-state index contributed by atoms with van der Waals surface area (Å²) in [6.07, 6.45) is 7.92. The van der Waals surface area contributed by atoms with Gasteiger partial charge in [-0.25, -0.2) is 9.59 Å².